The molecule has 1 heterocycles. The largest absolute Gasteiger partial charge is 0.322 e. The van der Waals surface area contributed by atoms with Crippen LogP contribution in [-0.4, -0.2) is 20.9 Å². The summed E-state index contributed by atoms with van der Waals surface area (Å²) in [4.78, 5) is 14.2. The number of nitrogens with one attached hydrogen (secondary N) is 1. The third-order valence-corrected chi connectivity index (χ3v) is 5.20. The van der Waals surface area contributed by atoms with Crippen LogP contribution in [0.1, 0.15) is 46.8 Å². The highest BCUT2D eigenvalue weighted by atomic mass is 16.1. The van der Waals surface area contributed by atoms with Crippen LogP contribution >= 0.6 is 0 Å². The fourth-order valence-electron chi connectivity index (χ4n) is 3.19. The van der Waals surface area contributed by atoms with E-state index in [1.165, 1.54) is 11.1 Å². The average Bonchev–Trinajstić information content (AvgIpc) is 3.13. The number of rotatable bonds is 4. The second kappa shape index (κ2) is 7.51. The van der Waals surface area contributed by atoms with E-state index in [0.29, 0.717) is 17.2 Å². The highest BCUT2D eigenvalue weighted by Gasteiger charge is 2.10. The molecule has 1 aromatic heterocycles. The Hall–Kier alpha value is -3.47. The van der Waals surface area contributed by atoms with E-state index in [0.717, 1.165) is 22.3 Å². The van der Waals surface area contributed by atoms with Gasteiger partial charge < -0.3 is 5.32 Å². The van der Waals surface area contributed by atoms with Crippen molar-refractivity contribution >= 4 is 22.6 Å². The lowest BCUT2D eigenvalue weighted by atomic mass is 10.0. The van der Waals surface area contributed by atoms with Crippen molar-refractivity contribution in [2.45, 2.75) is 33.6 Å². The van der Waals surface area contributed by atoms with E-state index in [2.05, 4.69) is 41.5 Å². The van der Waals surface area contributed by atoms with E-state index in [-0.39, 0.29) is 5.91 Å². The molecule has 29 heavy (non-hydrogen) atoms. The highest BCUT2D eigenvalue weighted by Crippen LogP contribution is 2.20. The number of anilines is 1. The minimum atomic E-state index is -0.135. The molecule has 146 valence electrons. The lowest BCUT2D eigenvalue weighted by Gasteiger charge is -2.07. The summed E-state index contributed by atoms with van der Waals surface area (Å²) in [6.45, 7) is 8.38. The van der Waals surface area contributed by atoms with Crippen LogP contribution in [0.2, 0.25) is 0 Å². The molecule has 0 fully saturated rings. The number of nitrogens with zero attached hydrogens (tertiary/aromatic N) is 3. The van der Waals surface area contributed by atoms with Gasteiger partial charge in [0, 0.05) is 11.3 Å². The highest BCUT2D eigenvalue weighted by molar-refractivity contribution is 6.05. The first-order chi connectivity index (χ1) is 13.9. The van der Waals surface area contributed by atoms with E-state index >= 15 is 0 Å². The number of amides is 1. The van der Waals surface area contributed by atoms with E-state index in [1.807, 2.05) is 62.4 Å². The van der Waals surface area contributed by atoms with Crippen molar-refractivity contribution in [1.29, 1.82) is 0 Å². The van der Waals surface area contributed by atoms with Gasteiger partial charge in [0.05, 0.1) is 5.69 Å². The van der Waals surface area contributed by atoms with Gasteiger partial charge in [-0.25, -0.2) is 0 Å². The lowest BCUT2D eigenvalue weighted by Crippen LogP contribution is -2.12. The molecular weight excluding hydrogens is 360 g/mol. The second-order valence-electron chi connectivity index (χ2n) is 7.69. The predicted octanol–water partition coefficient (Wildman–Crippen LogP) is 5.41. The topological polar surface area (TPSA) is 59.8 Å². The molecule has 0 bridgehead atoms. The van der Waals surface area contributed by atoms with Gasteiger partial charge >= 0.3 is 0 Å². The van der Waals surface area contributed by atoms with Gasteiger partial charge in [0.15, 0.2) is 0 Å². The maximum atomic E-state index is 12.6. The van der Waals surface area contributed by atoms with Gasteiger partial charge in [-0.15, -0.1) is 10.2 Å². The number of carbonyl (C=O) groups excluding carboxylic acids is 1. The molecular formula is C24H24N4O. The number of aromatic nitrogens is 3. The number of hydrogen-bond donors (Lipinski definition) is 1. The Labute approximate surface area is 170 Å². The molecule has 4 rings (SSSR count). The van der Waals surface area contributed by atoms with Crippen molar-refractivity contribution in [2.24, 2.45) is 0 Å². The zero-order valence-electron chi connectivity index (χ0n) is 17.1. The van der Waals surface area contributed by atoms with Crippen molar-refractivity contribution < 1.29 is 4.79 Å². The van der Waals surface area contributed by atoms with Gasteiger partial charge in [-0.2, -0.15) is 4.80 Å². The summed E-state index contributed by atoms with van der Waals surface area (Å²) in [7, 11) is 0. The van der Waals surface area contributed by atoms with Gasteiger partial charge in [-0.3, -0.25) is 4.79 Å². The number of aryl methyl sites for hydroxylation is 2. The zero-order chi connectivity index (χ0) is 20.5. The van der Waals surface area contributed by atoms with E-state index in [4.69, 9.17) is 0 Å². The average molecular weight is 384 g/mol. The normalized spacial score (nSPS) is 11.2. The lowest BCUT2D eigenvalue weighted by molar-refractivity contribution is 0.102. The van der Waals surface area contributed by atoms with Crippen molar-refractivity contribution in [3.63, 3.8) is 0 Å². The molecule has 0 atom stereocenters. The fourth-order valence-corrected chi connectivity index (χ4v) is 3.19. The molecule has 0 saturated carbocycles. The van der Waals surface area contributed by atoms with Crippen LogP contribution in [0.4, 0.5) is 5.69 Å². The Morgan fingerprint density at radius 3 is 2.28 bits per heavy atom. The van der Waals surface area contributed by atoms with E-state index < -0.39 is 0 Å². The summed E-state index contributed by atoms with van der Waals surface area (Å²) in [6.07, 6.45) is 0. The molecule has 0 radical (unpaired) electrons. The summed E-state index contributed by atoms with van der Waals surface area (Å²) in [5.41, 5.74) is 7.30. The molecule has 5 nitrogen and oxygen atoms in total. The molecule has 0 spiro atoms. The molecule has 5 heteroatoms. The number of hydrogen-bond acceptors (Lipinski definition) is 3. The quantitative estimate of drug-likeness (QED) is 0.511. The van der Waals surface area contributed by atoms with Crippen molar-refractivity contribution in [3.8, 4) is 5.69 Å². The van der Waals surface area contributed by atoms with Crippen LogP contribution in [0, 0.1) is 13.8 Å². The SMILES string of the molecule is Cc1ccc(C(=O)Nc2ccc3nn(-c4ccc(C(C)C)cc4)nc3c2)cc1C. The first-order valence-electron chi connectivity index (χ1n) is 9.77. The Bertz CT molecular complexity index is 1190. The summed E-state index contributed by atoms with van der Waals surface area (Å²) in [5, 5.41) is 12.1. The van der Waals surface area contributed by atoms with Crippen molar-refractivity contribution in [3.05, 3.63) is 82.9 Å². The number of carbonyl (C=O) groups is 1. The predicted molar refractivity (Wildman–Crippen MR) is 117 cm³/mol. The van der Waals surface area contributed by atoms with Crippen LogP contribution < -0.4 is 5.32 Å². The Balaban J connectivity index is 1.58. The van der Waals surface area contributed by atoms with Gasteiger partial charge in [0.1, 0.15) is 11.0 Å². The molecule has 3 aromatic carbocycles. The number of fused-ring (bicyclic) bond motifs is 1. The Kier molecular flexibility index (Phi) is 4.89. The molecule has 4 aromatic rings. The van der Waals surface area contributed by atoms with E-state index in [9.17, 15) is 4.79 Å². The standard InChI is InChI=1S/C24H24N4O/c1-15(2)18-7-10-21(11-8-18)28-26-22-12-9-20(14-23(22)27-28)25-24(29)19-6-5-16(3)17(4)13-19/h5-15H,1-4H3,(H,25,29). The molecule has 0 aliphatic rings. The molecule has 1 N–H and O–H groups in total. The maximum Gasteiger partial charge on any atom is 0.255 e. The van der Waals surface area contributed by atoms with Crippen LogP contribution in [0.5, 0.6) is 0 Å². The van der Waals surface area contributed by atoms with Gasteiger partial charge in [-0.05, 0) is 78.9 Å². The first kappa shape index (κ1) is 18.9. The Morgan fingerprint density at radius 2 is 1.59 bits per heavy atom. The van der Waals surface area contributed by atoms with Crippen molar-refractivity contribution in [2.75, 3.05) is 5.32 Å². The van der Waals surface area contributed by atoms with Gasteiger partial charge in [-0.1, -0.05) is 32.0 Å². The number of benzene rings is 3. The molecule has 1 amide bonds. The first-order valence-corrected chi connectivity index (χ1v) is 9.77. The molecule has 0 saturated heterocycles. The van der Waals surface area contributed by atoms with Gasteiger partial charge in [0.25, 0.3) is 5.91 Å². The zero-order valence-corrected chi connectivity index (χ0v) is 17.1. The monoisotopic (exact) mass is 384 g/mol. The third-order valence-electron chi connectivity index (χ3n) is 5.20. The summed E-state index contributed by atoms with van der Waals surface area (Å²) >= 11 is 0. The molecule has 0 unspecified atom stereocenters. The smallest absolute Gasteiger partial charge is 0.255 e. The molecule has 0 aliphatic heterocycles. The summed E-state index contributed by atoms with van der Waals surface area (Å²) in [6, 6.07) is 19.5. The summed E-state index contributed by atoms with van der Waals surface area (Å²) in [5.74, 6) is 0.348. The maximum absolute atomic E-state index is 12.6. The summed E-state index contributed by atoms with van der Waals surface area (Å²) < 4.78 is 0. The van der Waals surface area contributed by atoms with Crippen molar-refractivity contribution in [1.82, 2.24) is 15.0 Å². The third kappa shape index (κ3) is 3.90. The van der Waals surface area contributed by atoms with Gasteiger partial charge in [0.2, 0.25) is 0 Å². The van der Waals surface area contributed by atoms with Crippen LogP contribution in [-0.2, 0) is 0 Å². The minimum Gasteiger partial charge on any atom is -0.322 e. The Morgan fingerprint density at radius 1 is 0.862 bits per heavy atom. The minimum absolute atomic E-state index is 0.135. The van der Waals surface area contributed by atoms with Crippen LogP contribution in [0.3, 0.4) is 0 Å². The van der Waals surface area contributed by atoms with E-state index in [1.54, 1.807) is 4.80 Å². The fraction of sp³-hybridized carbons (Fsp3) is 0.208. The molecule has 0 aliphatic carbocycles. The van der Waals surface area contributed by atoms with Crippen LogP contribution in [0.15, 0.2) is 60.7 Å². The second-order valence-corrected chi connectivity index (χ2v) is 7.69. The van der Waals surface area contributed by atoms with Crippen LogP contribution in [0.25, 0.3) is 16.7 Å².